The number of nitrogens with zero attached hydrogens (tertiary/aromatic N) is 2. The van der Waals surface area contributed by atoms with Gasteiger partial charge < -0.3 is 14.7 Å². The van der Waals surface area contributed by atoms with E-state index in [1.807, 2.05) is 0 Å². The average Bonchev–Trinajstić information content (AvgIpc) is 3.23. The Kier molecular flexibility index (Phi) is 7.26. The van der Waals surface area contributed by atoms with Gasteiger partial charge in [-0.15, -0.1) is 13.2 Å². The van der Waals surface area contributed by atoms with Crippen molar-refractivity contribution in [2.75, 3.05) is 13.1 Å². The van der Waals surface area contributed by atoms with E-state index in [4.69, 9.17) is 0 Å². The molecule has 2 aromatic carbocycles. The Labute approximate surface area is 212 Å². The molecule has 37 heavy (non-hydrogen) atoms. The van der Waals surface area contributed by atoms with Crippen LogP contribution in [0.25, 0.3) is 0 Å². The minimum absolute atomic E-state index is 0.0543. The van der Waals surface area contributed by atoms with Crippen molar-refractivity contribution in [3.8, 4) is 5.75 Å². The average molecular weight is 541 g/mol. The van der Waals surface area contributed by atoms with Gasteiger partial charge in [-0.3, -0.25) is 9.59 Å². The van der Waals surface area contributed by atoms with Crippen molar-refractivity contribution >= 4 is 21.9 Å². The summed E-state index contributed by atoms with van der Waals surface area (Å²) in [7, 11) is -3.97. The van der Waals surface area contributed by atoms with Gasteiger partial charge in [0, 0.05) is 25.2 Å². The zero-order valence-corrected chi connectivity index (χ0v) is 21.1. The fourth-order valence-corrected chi connectivity index (χ4v) is 7.31. The molecule has 0 saturated carbocycles. The van der Waals surface area contributed by atoms with Crippen LogP contribution in [0.3, 0.4) is 0 Å². The topological polar surface area (TPSA) is 104 Å². The summed E-state index contributed by atoms with van der Waals surface area (Å²) < 4.78 is 69.7. The number of alkyl halides is 3. The van der Waals surface area contributed by atoms with Gasteiger partial charge in [0.1, 0.15) is 5.75 Å². The Morgan fingerprint density at radius 2 is 1.65 bits per heavy atom. The van der Waals surface area contributed by atoms with E-state index in [1.54, 1.807) is 30.9 Å². The molecule has 12 heteroatoms. The first-order chi connectivity index (χ1) is 17.3. The van der Waals surface area contributed by atoms with Crippen LogP contribution in [0.5, 0.6) is 5.75 Å². The molecule has 1 heterocycles. The molecular formula is C25H27F3N2O6S. The molecule has 1 amide bonds. The van der Waals surface area contributed by atoms with E-state index in [1.165, 1.54) is 22.5 Å². The zero-order chi connectivity index (χ0) is 27.1. The lowest BCUT2D eigenvalue weighted by atomic mass is 10.1. The van der Waals surface area contributed by atoms with Gasteiger partial charge in [-0.2, -0.15) is 4.31 Å². The van der Waals surface area contributed by atoms with E-state index in [0.29, 0.717) is 16.7 Å². The summed E-state index contributed by atoms with van der Waals surface area (Å²) in [5, 5.41) is 9.41. The van der Waals surface area contributed by atoms with Crippen LogP contribution in [0.15, 0.2) is 47.4 Å². The third-order valence-corrected chi connectivity index (χ3v) is 8.97. The number of ether oxygens (including phenoxy) is 1. The maximum absolute atomic E-state index is 13.7. The number of fused-ring (bicyclic) bond motifs is 1. The molecule has 1 fully saturated rings. The molecule has 0 radical (unpaired) electrons. The maximum atomic E-state index is 13.7. The Morgan fingerprint density at radius 1 is 1.03 bits per heavy atom. The highest BCUT2D eigenvalue weighted by Gasteiger charge is 2.42. The van der Waals surface area contributed by atoms with Crippen LogP contribution in [0.1, 0.15) is 30.5 Å². The van der Waals surface area contributed by atoms with Crippen LogP contribution >= 0.6 is 0 Å². The lowest BCUT2D eigenvalue weighted by Gasteiger charge is -2.43. The van der Waals surface area contributed by atoms with Crippen molar-refractivity contribution in [3.05, 3.63) is 59.2 Å². The van der Waals surface area contributed by atoms with Crippen molar-refractivity contribution in [2.45, 2.75) is 56.5 Å². The third-order valence-electron chi connectivity index (χ3n) is 6.75. The van der Waals surface area contributed by atoms with E-state index in [9.17, 15) is 36.3 Å². The normalized spacial score (nSPS) is 22.5. The Hall–Kier alpha value is -3.12. The molecule has 0 bridgehead atoms. The molecule has 1 aliphatic carbocycles. The number of rotatable bonds is 6. The maximum Gasteiger partial charge on any atom is 0.573 e. The van der Waals surface area contributed by atoms with Crippen LogP contribution in [-0.4, -0.2) is 66.1 Å². The summed E-state index contributed by atoms with van der Waals surface area (Å²) in [6.07, 6.45) is -4.43. The van der Waals surface area contributed by atoms with E-state index in [-0.39, 0.29) is 48.9 Å². The zero-order valence-electron chi connectivity index (χ0n) is 20.2. The largest absolute Gasteiger partial charge is 0.573 e. The first-order valence-corrected chi connectivity index (χ1v) is 13.2. The summed E-state index contributed by atoms with van der Waals surface area (Å²) in [5.74, 6) is -2.28. The summed E-state index contributed by atoms with van der Waals surface area (Å²) >= 11 is 0. The number of carbonyl (C=O) groups is 2. The molecule has 1 aliphatic heterocycles. The van der Waals surface area contributed by atoms with Gasteiger partial charge in [-0.05, 0) is 61.6 Å². The second-order valence-corrected chi connectivity index (χ2v) is 11.3. The molecule has 1 saturated heterocycles. The summed E-state index contributed by atoms with van der Waals surface area (Å²) in [6, 6.07) is 8.82. The second kappa shape index (κ2) is 9.97. The summed E-state index contributed by atoms with van der Waals surface area (Å²) in [4.78, 5) is 26.1. The number of hydrogen-bond acceptors (Lipinski definition) is 5. The second-order valence-electron chi connectivity index (χ2n) is 9.54. The smallest absolute Gasteiger partial charge is 0.481 e. The van der Waals surface area contributed by atoms with E-state index < -0.39 is 40.4 Å². The van der Waals surface area contributed by atoms with Crippen LogP contribution < -0.4 is 4.74 Å². The number of sulfonamides is 1. The number of carboxylic acid groups (broad SMARTS) is 1. The van der Waals surface area contributed by atoms with Crippen LogP contribution in [-0.2, 0) is 38.9 Å². The van der Waals surface area contributed by atoms with Crippen LogP contribution in [0.4, 0.5) is 13.2 Å². The lowest BCUT2D eigenvalue weighted by molar-refractivity contribution is -0.274. The predicted octanol–water partition coefficient (Wildman–Crippen LogP) is 3.24. The fraction of sp³-hybridized carbons (Fsp3) is 0.440. The molecule has 1 N–H and O–H groups in total. The highest BCUT2D eigenvalue weighted by Crippen LogP contribution is 2.35. The van der Waals surface area contributed by atoms with Crippen LogP contribution in [0.2, 0.25) is 0 Å². The Bertz CT molecular complexity index is 1280. The first kappa shape index (κ1) is 26.9. The number of aliphatic carboxylic acids is 1. The minimum Gasteiger partial charge on any atom is -0.481 e. The summed E-state index contributed by atoms with van der Waals surface area (Å²) in [6.45, 7) is 3.70. The van der Waals surface area contributed by atoms with Crippen molar-refractivity contribution in [1.29, 1.82) is 0 Å². The first-order valence-electron chi connectivity index (χ1n) is 11.8. The number of benzene rings is 2. The fourth-order valence-electron chi connectivity index (χ4n) is 5.23. The summed E-state index contributed by atoms with van der Waals surface area (Å²) in [5.41, 5.74) is 1.75. The standard InChI is InChI=1S/C25H27F3N2O6S/c1-15-13-29(23(31)10-17-6-8-20(9-7-17)36-25(26,27)28)14-16(2)30(15)37(34,35)22-5-3-4-18-11-19(24(32)33)12-21(18)22/h3-9,15-16,19H,10-14H2,1-2H3,(H,32,33). The van der Waals surface area contributed by atoms with Crippen LogP contribution in [0, 0.1) is 5.92 Å². The molecule has 0 aromatic heterocycles. The van der Waals surface area contributed by atoms with Crippen molar-refractivity contribution in [1.82, 2.24) is 9.21 Å². The highest BCUT2D eigenvalue weighted by atomic mass is 32.2. The number of hydrogen-bond donors (Lipinski definition) is 1. The molecule has 8 nitrogen and oxygen atoms in total. The number of carboxylic acids is 1. The van der Waals surface area contributed by atoms with Gasteiger partial charge in [-0.25, -0.2) is 8.42 Å². The minimum atomic E-state index is -4.80. The molecule has 3 atom stereocenters. The molecular weight excluding hydrogens is 513 g/mol. The molecule has 2 aliphatic rings. The number of halogens is 3. The highest BCUT2D eigenvalue weighted by molar-refractivity contribution is 7.89. The molecule has 2 aromatic rings. The Balaban J connectivity index is 1.46. The van der Waals surface area contributed by atoms with Gasteiger partial charge in [0.2, 0.25) is 15.9 Å². The number of carbonyl (C=O) groups excluding carboxylic acids is 1. The van der Waals surface area contributed by atoms with Gasteiger partial charge >= 0.3 is 12.3 Å². The monoisotopic (exact) mass is 540 g/mol. The molecule has 0 spiro atoms. The van der Waals surface area contributed by atoms with Gasteiger partial charge in [0.25, 0.3) is 0 Å². The lowest BCUT2D eigenvalue weighted by Crippen LogP contribution is -2.59. The number of amides is 1. The van der Waals surface area contributed by atoms with E-state index in [2.05, 4.69) is 4.74 Å². The predicted molar refractivity (Wildman–Crippen MR) is 126 cm³/mol. The van der Waals surface area contributed by atoms with Crippen molar-refractivity contribution in [3.63, 3.8) is 0 Å². The van der Waals surface area contributed by atoms with Crippen molar-refractivity contribution in [2.24, 2.45) is 5.92 Å². The number of piperazine rings is 1. The van der Waals surface area contributed by atoms with Gasteiger partial charge in [0.05, 0.1) is 17.2 Å². The quantitative estimate of drug-likeness (QED) is 0.604. The van der Waals surface area contributed by atoms with Gasteiger partial charge in [-0.1, -0.05) is 24.3 Å². The Morgan fingerprint density at radius 3 is 2.22 bits per heavy atom. The molecule has 200 valence electrons. The molecule has 3 unspecified atom stereocenters. The van der Waals surface area contributed by atoms with Crippen molar-refractivity contribution < 1.29 is 41.0 Å². The van der Waals surface area contributed by atoms with E-state index in [0.717, 1.165) is 12.1 Å². The molecule has 4 rings (SSSR count). The van der Waals surface area contributed by atoms with Gasteiger partial charge in [0.15, 0.2) is 0 Å². The van der Waals surface area contributed by atoms with E-state index >= 15 is 0 Å². The SMILES string of the molecule is CC1CN(C(=O)Cc2ccc(OC(F)(F)F)cc2)CC(C)N1S(=O)(=O)c1cccc2c1CC(C(=O)O)C2. The third kappa shape index (κ3) is 5.74.